The van der Waals surface area contributed by atoms with Crippen LogP contribution in [-0.2, 0) is 0 Å². The van der Waals surface area contributed by atoms with E-state index in [1.54, 1.807) is 0 Å². The summed E-state index contributed by atoms with van der Waals surface area (Å²) in [6, 6.07) is 8.56. The molecule has 1 aromatic rings. The highest BCUT2D eigenvalue weighted by molar-refractivity contribution is 5.32. The molecular formula is C13H19O2. The maximum atomic E-state index is 5.71. The molecular weight excluding hydrogens is 188 g/mol. The van der Waals surface area contributed by atoms with Crippen molar-refractivity contribution in [3.05, 3.63) is 24.3 Å². The van der Waals surface area contributed by atoms with Crippen LogP contribution in [0.4, 0.5) is 0 Å². The monoisotopic (exact) mass is 207 g/mol. The quantitative estimate of drug-likeness (QED) is 0.752. The van der Waals surface area contributed by atoms with Crippen LogP contribution >= 0.6 is 0 Å². The van der Waals surface area contributed by atoms with Crippen LogP contribution in [-0.4, -0.2) is 12.2 Å². The van der Waals surface area contributed by atoms with Crippen LogP contribution in [0.5, 0.6) is 11.5 Å². The number of ether oxygens (including phenoxy) is 2. The maximum absolute atomic E-state index is 5.71. The predicted octanol–water partition coefficient (Wildman–Crippen LogP) is 3.45. The van der Waals surface area contributed by atoms with Crippen LogP contribution in [0.2, 0.25) is 0 Å². The Morgan fingerprint density at radius 2 is 1.87 bits per heavy atom. The zero-order chi connectivity index (χ0) is 11.3. The summed E-state index contributed by atoms with van der Waals surface area (Å²) >= 11 is 0. The van der Waals surface area contributed by atoms with E-state index in [4.69, 9.17) is 9.47 Å². The molecule has 0 bridgehead atoms. The lowest BCUT2D eigenvalue weighted by Gasteiger charge is -2.21. The van der Waals surface area contributed by atoms with E-state index in [0.29, 0.717) is 0 Å². The lowest BCUT2D eigenvalue weighted by atomic mass is 10.2. The third-order valence-corrected chi connectivity index (χ3v) is 1.63. The molecule has 0 aliphatic carbocycles. The highest BCUT2D eigenvalue weighted by Gasteiger charge is 2.11. The lowest BCUT2D eigenvalue weighted by Crippen LogP contribution is -2.22. The fraction of sp³-hybridized carbons (Fsp3) is 0.538. The Labute approximate surface area is 92.2 Å². The van der Waals surface area contributed by atoms with Crippen LogP contribution in [0.25, 0.3) is 0 Å². The van der Waals surface area contributed by atoms with E-state index in [-0.39, 0.29) is 5.60 Å². The molecule has 2 heteroatoms. The molecule has 83 valence electrons. The molecule has 0 unspecified atom stereocenters. The Morgan fingerprint density at radius 1 is 1.20 bits per heavy atom. The molecule has 0 spiro atoms. The Hall–Kier alpha value is -1.18. The highest BCUT2D eigenvalue weighted by atomic mass is 16.5. The Morgan fingerprint density at radius 3 is 2.47 bits per heavy atom. The van der Waals surface area contributed by atoms with Crippen molar-refractivity contribution >= 4 is 0 Å². The zero-order valence-electron chi connectivity index (χ0n) is 9.96. The molecule has 0 aliphatic rings. The molecule has 1 aromatic carbocycles. The van der Waals surface area contributed by atoms with Crippen molar-refractivity contribution in [3.8, 4) is 11.5 Å². The first-order chi connectivity index (χ1) is 7.01. The first kappa shape index (κ1) is 11.9. The van der Waals surface area contributed by atoms with E-state index in [9.17, 15) is 0 Å². The summed E-state index contributed by atoms with van der Waals surface area (Å²) in [7, 11) is 0. The van der Waals surface area contributed by atoms with Gasteiger partial charge in [0.05, 0.1) is 6.61 Å². The van der Waals surface area contributed by atoms with E-state index in [1.807, 2.05) is 39.0 Å². The van der Waals surface area contributed by atoms with Gasteiger partial charge in [0, 0.05) is 6.07 Å². The number of benzene rings is 1. The second-order valence-corrected chi connectivity index (χ2v) is 4.47. The molecule has 0 N–H and O–H groups in total. The largest absolute Gasteiger partial charge is 0.493 e. The topological polar surface area (TPSA) is 18.5 Å². The average molecular weight is 207 g/mol. The standard InChI is InChI=1S/C13H19O2/c1-5-9-14-11-7-6-8-12(10-11)15-13(2,3)4/h7-8,10H,5,9H2,1-4H3. The van der Waals surface area contributed by atoms with Crippen LogP contribution in [0, 0.1) is 6.07 Å². The van der Waals surface area contributed by atoms with Gasteiger partial charge in [-0.15, -0.1) is 0 Å². The molecule has 2 nitrogen and oxygen atoms in total. The van der Waals surface area contributed by atoms with Crippen molar-refractivity contribution < 1.29 is 9.47 Å². The fourth-order valence-corrected chi connectivity index (χ4v) is 1.15. The third-order valence-electron chi connectivity index (χ3n) is 1.63. The molecule has 0 atom stereocenters. The normalized spacial score (nSPS) is 11.2. The predicted molar refractivity (Wildman–Crippen MR) is 61.4 cm³/mol. The van der Waals surface area contributed by atoms with Gasteiger partial charge in [0.25, 0.3) is 0 Å². The summed E-state index contributed by atoms with van der Waals surface area (Å²) in [5.41, 5.74) is -0.183. The van der Waals surface area contributed by atoms with E-state index in [1.165, 1.54) is 0 Å². The summed E-state index contributed by atoms with van der Waals surface area (Å²) in [6.45, 7) is 8.87. The van der Waals surface area contributed by atoms with Gasteiger partial charge in [-0.05, 0) is 45.4 Å². The minimum atomic E-state index is -0.183. The fourth-order valence-electron chi connectivity index (χ4n) is 1.15. The molecule has 0 amide bonds. The Balaban J connectivity index is 2.66. The van der Waals surface area contributed by atoms with Crippen LogP contribution in [0.3, 0.4) is 0 Å². The molecule has 0 saturated carbocycles. The summed E-state index contributed by atoms with van der Waals surface area (Å²) in [5, 5.41) is 0. The SMILES string of the molecule is CCCOc1c[c]cc(OC(C)(C)C)c1. The average Bonchev–Trinajstić information content (AvgIpc) is 2.12. The molecule has 1 rings (SSSR count). The van der Waals surface area contributed by atoms with Crippen molar-refractivity contribution in [3.63, 3.8) is 0 Å². The van der Waals surface area contributed by atoms with Gasteiger partial charge in [-0.25, -0.2) is 0 Å². The third kappa shape index (κ3) is 4.73. The molecule has 0 fully saturated rings. The van der Waals surface area contributed by atoms with Crippen molar-refractivity contribution in [2.24, 2.45) is 0 Å². The van der Waals surface area contributed by atoms with Crippen molar-refractivity contribution in [2.45, 2.75) is 39.7 Å². The highest BCUT2D eigenvalue weighted by Crippen LogP contribution is 2.22. The number of hydrogen-bond acceptors (Lipinski definition) is 2. The lowest BCUT2D eigenvalue weighted by molar-refractivity contribution is 0.130. The van der Waals surface area contributed by atoms with Gasteiger partial charge in [-0.2, -0.15) is 0 Å². The van der Waals surface area contributed by atoms with Gasteiger partial charge in [0.2, 0.25) is 0 Å². The maximum Gasteiger partial charge on any atom is 0.124 e. The molecule has 1 radical (unpaired) electrons. The number of rotatable bonds is 4. The summed E-state index contributed by atoms with van der Waals surface area (Å²) in [6.07, 6.45) is 1.00. The van der Waals surface area contributed by atoms with Gasteiger partial charge in [-0.1, -0.05) is 6.92 Å². The second-order valence-electron chi connectivity index (χ2n) is 4.47. The smallest absolute Gasteiger partial charge is 0.124 e. The van der Waals surface area contributed by atoms with Gasteiger partial charge in [0.15, 0.2) is 0 Å². The van der Waals surface area contributed by atoms with Gasteiger partial charge < -0.3 is 9.47 Å². The van der Waals surface area contributed by atoms with Gasteiger partial charge >= 0.3 is 0 Å². The van der Waals surface area contributed by atoms with Crippen LogP contribution < -0.4 is 9.47 Å². The minimum Gasteiger partial charge on any atom is -0.493 e. The van der Waals surface area contributed by atoms with Crippen LogP contribution in [0.15, 0.2) is 18.2 Å². The van der Waals surface area contributed by atoms with Crippen molar-refractivity contribution in [1.82, 2.24) is 0 Å². The summed E-state index contributed by atoms with van der Waals surface area (Å²) in [5.74, 6) is 1.62. The summed E-state index contributed by atoms with van der Waals surface area (Å²) in [4.78, 5) is 0. The number of hydrogen-bond donors (Lipinski definition) is 0. The molecule has 0 heterocycles. The second kappa shape index (κ2) is 5.06. The minimum absolute atomic E-state index is 0.183. The summed E-state index contributed by atoms with van der Waals surface area (Å²) < 4.78 is 11.2. The van der Waals surface area contributed by atoms with E-state index in [2.05, 4.69) is 13.0 Å². The van der Waals surface area contributed by atoms with Crippen LogP contribution in [0.1, 0.15) is 34.1 Å². The molecule has 0 saturated heterocycles. The first-order valence-electron chi connectivity index (χ1n) is 5.34. The van der Waals surface area contributed by atoms with E-state index < -0.39 is 0 Å². The zero-order valence-corrected chi connectivity index (χ0v) is 9.96. The van der Waals surface area contributed by atoms with E-state index >= 15 is 0 Å². The Kier molecular flexibility index (Phi) is 4.01. The van der Waals surface area contributed by atoms with Gasteiger partial charge in [-0.3, -0.25) is 0 Å². The molecule has 0 aliphatic heterocycles. The van der Waals surface area contributed by atoms with Crippen molar-refractivity contribution in [1.29, 1.82) is 0 Å². The van der Waals surface area contributed by atoms with E-state index in [0.717, 1.165) is 24.5 Å². The molecule has 15 heavy (non-hydrogen) atoms. The van der Waals surface area contributed by atoms with Gasteiger partial charge in [0.1, 0.15) is 17.1 Å². The Bertz CT molecular complexity index is 300. The van der Waals surface area contributed by atoms with Crippen molar-refractivity contribution in [2.75, 3.05) is 6.61 Å². The first-order valence-corrected chi connectivity index (χ1v) is 5.34. The molecule has 0 aromatic heterocycles.